The van der Waals surface area contributed by atoms with Crippen LogP contribution in [0.25, 0.3) is 0 Å². The molecule has 0 radical (unpaired) electrons. The molecule has 30 heavy (non-hydrogen) atoms. The van der Waals surface area contributed by atoms with Crippen LogP contribution in [0.4, 0.5) is 14.7 Å². The van der Waals surface area contributed by atoms with Gasteiger partial charge in [0, 0.05) is 44.3 Å². The fraction of sp³-hybridized carbons (Fsp3) is 0.476. The van der Waals surface area contributed by atoms with Crippen molar-refractivity contribution in [1.82, 2.24) is 14.9 Å². The summed E-state index contributed by atoms with van der Waals surface area (Å²) in [5, 5.41) is 0. The van der Waals surface area contributed by atoms with Gasteiger partial charge in [0.1, 0.15) is 17.9 Å². The van der Waals surface area contributed by atoms with Gasteiger partial charge in [-0.05, 0) is 30.5 Å². The number of nitrogens with zero attached hydrogens (tertiary/aromatic N) is 4. The lowest BCUT2D eigenvalue weighted by atomic mass is 9.89. The molecule has 7 nitrogen and oxygen atoms in total. The minimum Gasteiger partial charge on any atom is -0.481 e. The van der Waals surface area contributed by atoms with Crippen LogP contribution in [0.5, 0.6) is 5.88 Å². The van der Waals surface area contributed by atoms with Crippen LogP contribution in [0, 0.1) is 11.6 Å². The van der Waals surface area contributed by atoms with Gasteiger partial charge >= 0.3 is 0 Å². The molecule has 1 aromatic carbocycles. The highest BCUT2D eigenvalue weighted by Crippen LogP contribution is 2.47. The molecular weight excluding hydrogens is 394 g/mol. The summed E-state index contributed by atoms with van der Waals surface area (Å²) in [7, 11) is 1.55. The van der Waals surface area contributed by atoms with Gasteiger partial charge in [-0.25, -0.2) is 13.8 Å². The molecular formula is C21H22F2N4O3. The molecule has 0 saturated carbocycles. The molecule has 9 heteroatoms. The van der Waals surface area contributed by atoms with E-state index in [2.05, 4.69) is 9.97 Å². The van der Waals surface area contributed by atoms with Crippen molar-refractivity contribution in [3.05, 3.63) is 47.7 Å². The summed E-state index contributed by atoms with van der Waals surface area (Å²) in [5.41, 5.74) is -0.420. The summed E-state index contributed by atoms with van der Waals surface area (Å²) >= 11 is 0. The molecule has 0 aliphatic carbocycles. The summed E-state index contributed by atoms with van der Waals surface area (Å²) in [6, 6.07) is 4.76. The molecule has 1 spiro atoms. The lowest BCUT2D eigenvalue weighted by Gasteiger charge is -2.37. The highest BCUT2D eigenvalue weighted by molar-refractivity contribution is 5.88. The van der Waals surface area contributed by atoms with Crippen LogP contribution >= 0.6 is 0 Å². The van der Waals surface area contributed by atoms with E-state index in [-0.39, 0.29) is 18.2 Å². The van der Waals surface area contributed by atoms with Crippen LogP contribution in [0.2, 0.25) is 0 Å². The Labute approximate surface area is 172 Å². The predicted molar refractivity (Wildman–Crippen MR) is 103 cm³/mol. The van der Waals surface area contributed by atoms with Gasteiger partial charge in [0.15, 0.2) is 5.60 Å². The molecule has 0 N–H and O–H groups in total. The van der Waals surface area contributed by atoms with Gasteiger partial charge in [0.2, 0.25) is 11.8 Å². The lowest BCUT2D eigenvalue weighted by Crippen LogP contribution is -2.50. The number of halogens is 2. The zero-order valence-corrected chi connectivity index (χ0v) is 16.6. The number of hydrogen-bond acceptors (Lipinski definition) is 6. The first kappa shape index (κ1) is 19.2. The minimum atomic E-state index is -0.898. The summed E-state index contributed by atoms with van der Waals surface area (Å²) in [6.45, 7) is 1.14. The number of hydrogen-bond donors (Lipinski definition) is 0. The second kappa shape index (κ2) is 7.16. The Morgan fingerprint density at radius 2 is 1.90 bits per heavy atom. The van der Waals surface area contributed by atoms with Crippen LogP contribution < -0.4 is 9.64 Å². The number of methoxy groups -OCH3 is 1. The Hall–Kier alpha value is -2.81. The van der Waals surface area contributed by atoms with E-state index in [1.807, 2.05) is 4.90 Å². The molecule has 158 valence electrons. The second-order valence-electron chi connectivity index (χ2n) is 7.96. The SMILES string of the molecule is COc1ccnc(N2CCC3(CC2)OC2CCC(c4cc(F)cc(F)c4)N2C3=O)n1. The summed E-state index contributed by atoms with van der Waals surface area (Å²) in [4.78, 5) is 25.8. The minimum absolute atomic E-state index is 0.0918. The van der Waals surface area contributed by atoms with Crippen molar-refractivity contribution in [3.63, 3.8) is 0 Å². The molecule has 3 aliphatic rings. The Morgan fingerprint density at radius 1 is 1.17 bits per heavy atom. The van der Waals surface area contributed by atoms with E-state index in [9.17, 15) is 13.6 Å². The molecule has 3 saturated heterocycles. The van der Waals surface area contributed by atoms with Crippen molar-refractivity contribution in [1.29, 1.82) is 0 Å². The molecule has 3 fully saturated rings. The molecule has 4 heterocycles. The first-order valence-corrected chi connectivity index (χ1v) is 10.1. The number of carbonyl (C=O) groups excluding carboxylic acids is 1. The van der Waals surface area contributed by atoms with Crippen molar-refractivity contribution in [3.8, 4) is 5.88 Å². The average Bonchev–Trinajstić information content (AvgIpc) is 3.26. The third kappa shape index (κ3) is 3.08. The Kier molecular flexibility index (Phi) is 4.57. The van der Waals surface area contributed by atoms with E-state index in [1.54, 1.807) is 24.3 Å². The Bertz CT molecular complexity index is 960. The Balaban J connectivity index is 1.33. The molecule has 1 aromatic heterocycles. The Morgan fingerprint density at radius 3 is 2.60 bits per heavy atom. The van der Waals surface area contributed by atoms with E-state index < -0.39 is 17.2 Å². The smallest absolute Gasteiger partial charge is 0.257 e. The number of anilines is 1. The monoisotopic (exact) mass is 416 g/mol. The zero-order chi connectivity index (χ0) is 20.9. The second-order valence-corrected chi connectivity index (χ2v) is 7.96. The standard InChI is InChI=1S/C21H22F2N4O3/c1-29-17-4-7-24-20(25-17)26-8-5-21(6-9-26)19(28)27-16(2-3-18(27)30-21)13-10-14(22)12-15(23)11-13/h4,7,10-12,16,18H,2-3,5-6,8-9H2,1H3. The van der Waals surface area contributed by atoms with Crippen molar-refractivity contribution in [2.24, 2.45) is 0 Å². The first-order valence-electron chi connectivity index (χ1n) is 10.1. The fourth-order valence-corrected chi connectivity index (χ4v) is 4.81. The van der Waals surface area contributed by atoms with Gasteiger partial charge in [-0.1, -0.05) is 0 Å². The third-order valence-corrected chi connectivity index (χ3v) is 6.27. The quantitative estimate of drug-likeness (QED) is 0.767. The topological polar surface area (TPSA) is 67.8 Å². The normalized spacial score (nSPS) is 25.1. The first-order chi connectivity index (χ1) is 14.5. The van der Waals surface area contributed by atoms with Gasteiger partial charge < -0.3 is 19.3 Å². The number of aromatic nitrogens is 2. The average molecular weight is 416 g/mol. The van der Waals surface area contributed by atoms with Crippen molar-refractivity contribution in [2.45, 2.75) is 43.6 Å². The lowest BCUT2D eigenvalue weighted by molar-refractivity contribution is -0.140. The largest absolute Gasteiger partial charge is 0.481 e. The van der Waals surface area contributed by atoms with E-state index in [4.69, 9.17) is 9.47 Å². The molecule has 2 unspecified atom stereocenters. The summed E-state index contributed by atoms with van der Waals surface area (Å²) in [6.07, 6.45) is 3.57. The third-order valence-electron chi connectivity index (χ3n) is 6.27. The van der Waals surface area contributed by atoms with Crippen molar-refractivity contribution in [2.75, 3.05) is 25.1 Å². The van der Waals surface area contributed by atoms with Gasteiger partial charge in [0.25, 0.3) is 5.91 Å². The van der Waals surface area contributed by atoms with E-state index in [0.29, 0.717) is 56.2 Å². The van der Waals surface area contributed by atoms with Gasteiger partial charge in [-0.3, -0.25) is 4.79 Å². The zero-order valence-electron chi connectivity index (χ0n) is 16.6. The fourth-order valence-electron chi connectivity index (χ4n) is 4.81. The highest BCUT2D eigenvalue weighted by atomic mass is 19.1. The van der Waals surface area contributed by atoms with E-state index in [0.717, 1.165) is 6.07 Å². The van der Waals surface area contributed by atoms with E-state index >= 15 is 0 Å². The molecule has 1 amide bonds. The highest BCUT2D eigenvalue weighted by Gasteiger charge is 2.58. The van der Waals surface area contributed by atoms with Gasteiger partial charge in [0.05, 0.1) is 13.2 Å². The van der Waals surface area contributed by atoms with Crippen molar-refractivity contribution >= 4 is 11.9 Å². The molecule has 2 atom stereocenters. The van der Waals surface area contributed by atoms with Crippen LogP contribution in [-0.2, 0) is 9.53 Å². The number of fused-ring (bicyclic) bond motifs is 1. The molecule has 2 aromatic rings. The predicted octanol–water partition coefficient (Wildman–Crippen LogP) is 2.82. The van der Waals surface area contributed by atoms with Crippen LogP contribution in [0.1, 0.15) is 37.3 Å². The number of rotatable bonds is 3. The summed E-state index contributed by atoms with van der Waals surface area (Å²) < 4.78 is 38.9. The molecule has 5 rings (SSSR count). The van der Waals surface area contributed by atoms with Gasteiger partial charge in [-0.2, -0.15) is 4.98 Å². The van der Waals surface area contributed by atoms with Crippen molar-refractivity contribution < 1.29 is 23.0 Å². The number of ether oxygens (including phenoxy) is 2. The van der Waals surface area contributed by atoms with E-state index in [1.165, 1.54) is 12.1 Å². The maximum atomic E-state index is 13.7. The number of amides is 1. The molecule has 0 bridgehead atoms. The maximum Gasteiger partial charge on any atom is 0.257 e. The molecule has 3 aliphatic heterocycles. The van der Waals surface area contributed by atoms with Crippen LogP contribution in [0.3, 0.4) is 0 Å². The maximum absolute atomic E-state index is 13.7. The number of benzene rings is 1. The van der Waals surface area contributed by atoms with Gasteiger partial charge in [-0.15, -0.1) is 0 Å². The van der Waals surface area contributed by atoms with Crippen LogP contribution in [-0.4, -0.2) is 52.8 Å². The number of carbonyl (C=O) groups is 1. The number of piperidine rings is 1. The van der Waals surface area contributed by atoms with Crippen LogP contribution in [0.15, 0.2) is 30.5 Å². The summed E-state index contributed by atoms with van der Waals surface area (Å²) in [5.74, 6) is -0.321.